The topological polar surface area (TPSA) is 37.3 Å². The molecule has 0 amide bonds. The number of hydrogen-bond donors (Lipinski definition) is 1. The summed E-state index contributed by atoms with van der Waals surface area (Å²) >= 11 is 0. The van der Waals surface area contributed by atoms with Gasteiger partial charge in [0.25, 0.3) is 0 Å². The van der Waals surface area contributed by atoms with E-state index < -0.39 is 5.97 Å². The van der Waals surface area contributed by atoms with E-state index in [0.717, 1.165) is 32.1 Å². The summed E-state index contributed by atoms with van der Waals surface area (Å²) in [6.07, 6.45) is 4.79. The van der Waals surface area contributed by atoms with Crippen LogP contribution in [-0.4, -0.2) is 11.1 Å². The lowest BCUT2D eigenvalue weighted by atomic mass is 9.71. The highest BCUT2D eigenvalue weighted by molar-refractivity contribution is 5.70. The fraction of sp³-hybridized carbons (Fsp3) is 0.667. The molecule has 0 heterocycles. The zero-order valence-corrected chi connectivity index (χ0v) is 15.4. The normalized spacial score (nSPS) is 22.8. The van der Waals surface area contributed by atoms with Gasteiger partial charge in [-0.2, -0.15) is 0 Å². The second kappa shape index (κ2) is 6.67. The summed E-state index contributed by atoms with van der Waals surface area (Å²) < 4.78 is 0. The molecule has 0 bridgehead atoms. The fourth-order valence-electron chi connectivity index (χ4n) is 4.31. The molecule has 2 rings (SSSR count). The minimum atomic E-state index is -0.622. The number of carbonyl (C=O) groups is 1. The van der Waals surface area contributed by atoms with Crippen LogP contribution in [0.5, 0.6) is 0 Å². The predicted molar refractivity (Wildman–Crippen MR) is 95.9 cm³/mol. The van der Waals surface area contributed by atoms with Crippen molar-refractivity contribution in [3.8, 4) is 0 Å². The van der Waals surface area contributed by atoms with E-state index in [-0.39, 0.29) is 11.3 Å². The molecule has 1 N–H and O–H groups in total. The average molecular weight is 316 g/mol. The Kier molecular flexibility index (Phi) is 5.23. The van der Waals surface area contributed by atoms with Crippen molar-refractivity contribution in [2.45, 2.75) is 78.1 Å². The summed E-state index contributed by atoms with van der Waals surface area (Å²) in [4.78, 5) is 11.1. The van der Waals surface area contributed by atoms with Crippen molar-refractivity contribution in [1.82, 2.24) is 0 Å². The van der Waals surface area contributed by atoms with Crippen molar-refractivity contribution in [1.29, 1.82) is 0 Å². The van der Waals surface area contributed by atoms with Crippen molar-refractivity contribution in [2.75, 3.05) is 0 Å². The van der Waals surface area contributed by atoms with Crippen LogP contribution >= 0.6 is 0 Å². The Hall–Kier alpha value is -1.31. The lowest BCUT2D eigenvalue weighted by Crippen LogP contribution is -2.25. The fourth-order valence-corrected chi connectivity index (χ4v) is 4.31. The Labute approximate surface area is 141 Å². The number of hydrogen-bond acceptors (Lipinski definition) is 1. The van der Waals surface area contributed by atoms with Crippen LogP contribution < -0.4 is 0 Å². The van der Waals surface area contributed by atoms with Crippen LogP contribution in [0.3, 0.4) is 0 Å². The summed E-state index contributed by atoms with van der Waals surface area (Å²) in [6, 6.07) is 9.10. The minimum absolute atomic E-state index is 0.128. The molecule has 0 saturated heterocycles. The van der Waals surface area contributed by atoms with Gasteiger partial charge in [-0.3, -0.25) is 4.79 Å². The average Bonchev–Trinajstić information content (AvgIpc) is 2.45. The maximum Gasteiger partial charge on any atom is 0.306 e. The molecule has 1 aromatic carbocycles. The molecule has 0 atom stereocenters. The molecule has 0 radical (unpaired) electrons. The summed E-state index contributed by atoms with van der Waals surface area (Å²) in [6.45, 7) is 11.5. The molecule has 1 aliphatic rings. The highest BCUT2D eigenvalue weighted by Gasteiger charge is 2.29. The maximum absolute atomic E-state index is 11.1. The van der Waals surface area contributed by atoms with Gasteiger partial charge in [-0.1, -0.05) is 58.9 Å². The lowest BCUT2D eigenvalue weighted by molar-refractivity contribution is -0.142. The van der Waals surface area contributed by atoms with Crippen LogP contribution in [0, 0.1) is 11.3 Å². The number of rotatable bonds is 4. The van der Waals surface area contributed by atoms with Crippen molar-refractivity contribution < 1.29 is 9.90 Å². The SMILES string of the molecule is CC(C)(C)CC(C)(C)c1ccc(C2CCC(C(=O)O)CC2)cc1. The third kappa shape index (κ3) is 4.83. The Morgan fingerprint density at radius 2 is 1.52 bits per heavy atom. The summed E-state index contributed by atoms with van der Waals surface area (Å²) in [5.74, 6) is -0.218. The van der Waals surface area contributed by atoms with Gasteiger partial charge in [-0.05, 0) is 60.0 Å². The van der Waals surface area contributed by atoms with Crippen molar-refractivity contribution >= 4 is 5.97 Å². The quantitative estimate of drug-likeness (QED) is 0.767. The lowest BCUT2D eigenvalue weighted by Gasteiger charge is -2.33. The third-order valence-corrected chi connectivity index (χ3v) is 5.21. The molecule has 128 valence electrons. The molecule has 0 aliphatic heterocycles. The van der Waals surface area contributed by atoms with Crippen LogP contribution in [0.25, 0.3) is 0 Å². The van der Waals surface area contributed by atoms with Crippen LogP contribution in [-0.2, 0) is 10.2 Å². The molecule has 1 saturated carbocycles. The standard InChI is InChI=1S/C21H32O2/c1-20(2,3)14-21(4,5)18-12-10-16(11-13-18)15-6-8-17(9-7-15)19(22)23/h10-13,15,17H,6-9,14H2,1-5H3,(H,22,23). The van der Waals surface area contributed by atoms with Gasteiger partial charge in [0.1, 0.15) is 0 Å². The highest BCUT2D eigenvalue weighted by atomic mass is 16.4. The van der Waals surface area contributed by atoms with E-state index in [1.54, 1.807) is 0 Å². The number of aliphatic carboxylic acids is 1. The van der Waals surface area contributed by atoms with E-state index in [9.17, 15) is 4.79 Å². The number of carboxylic acids is 1. The van der Waals surface area contributed by atoms with Crippen LogP contribution in [0.4, 0.5) is 0 Å². The largest absolute Gasteiger partial charge is 0.481 e. The van der Waals surface area contributed by atoms with Gasteiger partial charge < -0.3 is 5.11 Å². The van der Waals surface area contributed by atoms with Crippen LogP contribution in [0.2, 0.25) is 0 Å². The monoisotopic (exact) mass is 316 g/mol. The number of carboxylic acid groups (broad SMARTS) is 1. The van der Waals surface area contributed by atoms with Gasteiger partial charge >= 0.3 is 5.97 Å². The predicted octanol–water partition coefficient (Wildman–Crippen LogP) is 5.76. The maximum atomic E-state index is 11.1. The van der Waals surface area contributed by atoms with Crippen LogP contribution in [0.15, 0.2) is 24.3 Å². The molecule has 1 fully saturated rings. The van der Waals surface area contributed by atoms with Crippen LogP contribution in [0.1, 0.15) is 83.8 Å². The zero-order valence-electron chi connectivity index (χ0n) is 15.4. The van der Waals surface area contributed by atoms with E-state index >= 15 is 0 Å². The Morgan fingerprint density at radius 3 is 1.96 bits per heavy atom. The van der Waals surface area contributed by atoms with Gasteiger partial charge in [-0.25, -0.2) is 0 Å². The van der Waals surface area contributed by atoms with Gasteiger partial charge in [0.15, 0.2) is 0 Å². The highest BCUT2D eigenvalue weighted by Crippen LogP contribution is 2.39. The van der Waals surface area contributed by atoms with E-state index in [0.29, 0.717) is 11.3 Å². The molecule has 0 unspecified atom stereocenters. The van der Waals surface area contributed by atoms with Gasteiger partial charge in [0, 0.05) is 0 Å². The molecule has 0 spiro atoms. The van der Waals surface area contributed by atoms with Gasteiger partial charge in [-0.15, -0.1) is 0 Å². The second-order valence-electron chi connectivity index (χ2n) is 9.13. The molecule has 2 heteroatoms. The van der Waals surface area contributed by atoms with Crippen molar-refractivity contribution in [3.05, 3.63) is 35.4 Å². The van der Waals surface area contributed by atoms with E-state index in [4.69, 9.17) is 5.11 Å². The molecule has 1 aliphatic carbocycles. The Morgan fingerprint density at radius 1 is 1.00 bits per heavy atom. The smallest absolute Gasteiger partial charge is 0.306 e. The zero-order chi connectivity index (χ0) is 17.3. The van der Waals surface area contributed by atoms with Crippen molar-refractivity contribution in [3.63, 3.8) is 0 Å². The summed E-state index contributed by atoms with van der Waals surface area (Å²) in [7, 11) is 0. The van der Waals surface area contributed by atoms with E-state index in [2.05, 4.69) is 58.9 Å². The number of benzene rings is 1. The Bertz CT molecular complexity index is 526. The molecule has 1 aromatic rings. The molecular formula is C21H32O2. The first kappa shape index (κ1) is 18.0. The first-order valence-corrected chi connectivity index (χ1v) is 8.92. The van der Waals surface area contributed by atoms with Crippen molar-refractivity contribution in [2.24, 2.45) is 11.3 Å². The molecule has 23 heavy (non-hydrogen) atoms. The minimum Gasteiger partial charge on any atom is -0.481 e. The summed E-state index contributed by atoms with van der Waals surface area (Å²) in [5, 5.41) is 9.11. The first-order chi connectivity index (χ1) is 10.6. The molecular weight excluding hydrogens is 284 g/mol. The third-order valence-electron chi connectivity index (χ3n) is 5.21. The second-order valence-corrected chi connectivity index (χ2v) is 9.13. The van der Waals surface area contributed by atoms with Gasteiger partial charge in [0.2, 0.25) is 0 Å². The Balaban J connectivity index is 2.04. The van der Waals surface area contributed by atoms with E-state index in [1.165, 1.54) is 11.1 Å². The first-order valence-electron chi connectivity index (χ1n) is 8.92. The van der Waals surface area contributed by atoms with E-state index in [1.807, 2.05) is 0 Å². The molecule has 2 nitrogen and oxygen atoms in total. The summed E-state index contributed by atoms with van der Waals surface area (Å²) in [5.41, 5.74) is 3.27. The molecule has 0 aromatic heterocycles. The van der Waals surface area contributed by atoms with Gasteiger partial charge in [0.05, 0.1) is 5.92 Å².